The largest absolute Gasteiger partial charge is 0.508 e. The smallest absolute Gasteiger partial charge is 0.119 e. The highest BCUT2D eigenvalue weighted by Gasteiger charge is 2.01. The fourth-order valence-corrected chi connectivity index (χ4v) is 1.51. The van der Waals surface area contributed by atoms with Crippen LogP contribution in [-0.2, 0) is 0 Å². The van der Waals surface area contributed by atoms with Gasteiger partial charge in [0.25, 0.3) is 0 Å². The van der Waals surface area contributed by atoms with Crippen molar-refractivity contribution >= 4 is 0 Å². The summed E-state index contributed by atoms with van der Waals surface area (Å²) >= 11 is 0. The first-order valence-electron chi connectivity index (χ1n) is 5.91. The second-order valence-corrected chi connectivity index (χ2v) is 4.37. The van der Waals surface area contributed by atoms with Gasteiger partial charge in [0.2, 0.25) is 0 Å². The van der Waals surface area contributed by atoms with Gasteiger partial charge >= 0.3 is 0 Å². The molecule has 0 aromatic heterocycles. The zero-order valence-corrected chi connectivity index (χ0v) is 10.7. The van der Waals surface area contributed by atoms with Gasteiger partial charge in [-0.1, -0.05) is 67.9 Å². The summed E-state index contributed by atoms with van der Waals surface area (Å²) in [5.41, 5.74) is 2.34. The molecule has 0 atom stereocenters. The maximum atomic E-state index is 9.28. The number of aromatic hydroxyl groups is 1. The van der Waals surface area contributed by atoms with E-state index in [-0.39, 0.29) is 0 Å². The molecule has 17 heavy (non-hydrogen) atoms. The number of rotatable bonds is 1. The van der Waals surface area contributed by atoms with Crippen molar-refractivity contribution in [3.8, 4) is 5.75 Å². The standard InChI is InChI=1S/C9H12O.C7H8/c1-7(2)8-5-3-4-6-9(8)10;1-7-5-3-2-4-6-7/h3-7,10H,1-2H3;2-6H,1H3. The molecule has 2 aromatic rings. The Kier molecular flexibility index (Phi) is 5.28. The molecular formula is C16H20O. The van der Waals surface area contributed by atoms with E-state index < -0.39 is 0 Å². The normalized spacial score (nSPS) is 9.65. The van der Waals surface area contributed by atoms with E-state index in [1.807, 2.05) is 36.4 Å². The van der Waals surface area contributed by atoms with Crippen LogP contribution in [0.25, 0.3) is 0 Å². The van der Waals surface area contributed by atoms with Gasteiger partial charge in [-0.15, -0.1) is 0 Å². The summed E-state index contributed by atoms with van der Waals surface area (Å²) in [4.78, 5) is 0. The van der Waals surface area contributed by atoms with E-state index in [0.29, 0.717) is 11.7 Å². The fraction of sp³-hybridized carbons (Fsp3) is 0.250. The molecule has 1 nitrogen and oxygen atoms in total. The highest BCUT2D eigenvalue weighted by Crippen LogP contribution is 2.23. The number of hydrogen-bond acceptors (Lipinski definition) is 1. The number of hydrogen-bond donors (Lipinski definition) is 1. The molecule has 1 heteroatoms. The second-order valence-electron chi connectivity index (χ2n) is 4.37. The summed E-state index contributed by atoms with van der Waals surface area (Å²) in [6.45, 7) is 6.21. The van der Waals surface area contributed by atoms with E-state index in [9.17, 15) is 5.11 Å². The number of aryl methyl sites for hydroxylation is 1. The zero-order valence-electron chi connectivity index (χ0n) is 10.7. The van der Waals surface area contributed by atoms with Crippen molar-refractivity contribution in [3.63, 3.8) is 0 Å². The van der Waals surface area contributed by atoms with E-state index in [0.717, 1.165) is 5.56 Å². The summed E-state index contributed by atoms with van der Waals surface area (Å²) in [6.07, 6.45) is 0. The van der Waals surface area contributed by atoms with Crippen LogP contribution in [0.3, 0.4) is 0 Å². The third-order valence-electron chi connectivity index (χ3n) is 2.50. The van der Waals surface area contributed by atoms with Crippen LogP contribution in [0.4, 0.5) is 0 Å². The summed E-state index contributed by atoms with van der Waals surface area (Å²) in [6, 6.07) is 17.7. The molecule has 1 N–H and O–H groups in total. The van der Waals surface area contributed by atoms with Crippen molar-refractivity contribution in [2.24, 2.45) is 0 Å². The molecular weight excluding hydrogens is 208 g/mol. The molecule has 2 aromatic carbocycles. The fourth-order valence-electron chi connectivity index (χ4n) is 1.51. The Bertz CT molecular complexity index is 432. The van der Waals surface area contributed by atoms with Gasteiger partial charge in [-0.05, 0) is 24.5 Å². The van der Waals surface area contributed by atoms with Crippen LogP contribution >= 0.6 is 0 Å². The van der Waals surface area contributed by atoms with Crippen molar-refractivity contribution in [2.75, 3.05) is 0 Å². The van der Waals surface area contributed by atoms with Gasteiger partial charge in [0.05, 0.1) is 0 Å². The molecule has 0 fully saturated rings. The van der Waals surface area contributed by atoms with Crippen molar-refractivity contribution in [3.05, 3.63) is 65.7 Å². The minimum Gasteiger partial charge on any atom is -0.508 e. The van der Waals surface area contributed by atoms with Crippen LogP contribution in [0.5, 0.6) is 5.75 Å². The molecule has 0 bridgehead atoms. The molecule has 0 saturated heterocycles. The lowest BCUT2D eigenvalue weighted by molar-refractivity contribution is 0.465. The molecule has 0 aliphatic carbocycles. The number of phenolic OH excluding ortho intramolecular Hbond substituents is 1. The van der Waals surface area contributed by atoms with E-state index in [1.54, 1.807) is 6.07 Å². The second kappa shape index (κ2) is 6.74. The maximum absolute atomic E-state index is 9.28. The average Bonchev–Trinajstić information content (AvgIpc) is 2.31. The van der Waals surface area contributed by atoms with Crippen LogP contribution in [0.2, 0.25) is 0 Å². The van der Waals surface area contributed by atoms with Gasteiger partial charge in [-0.2, -0.15) is 0 Å². The number of para-hydroxylation sites is 1. The van der Waals surface area contributed by atoms with Crippen molar-refractivity contribution in [1.29, 1.82) is 0 Å². The molecule has 0 unspecified atom stereocenters. The molecule has 0 spiro atoms. The first-order chi connectivity index (χ1) is 8.11. The van der Waals surface area contributed by atoms with Gasteiger partial charge in [0.1, 0.15) is 5.75 Å². The van der Waals surface area contributed by atoms with Crippen LogP contribution < -0.4 is 0 Å². The van der Waals surface area contributed by atoms with Gasteiger partial charge in [0.15, 0.2) is 0 Å². The highest BCUT2D eigenvalue weighted by molar-refractivity contribution is 5.33. The van der Waals surface area contributed by atoms with Gasteiger partial charge < -0.3 is 5.11 Å². The lowest BCUT2D eigenvalue weighted by Crippen LogP contribution is -1.85. The van der Waals surface area contributed by atoms with Crippen molar-refractivity contribution in [2.45, 2.75) is 26.7 Å². The number of phenols is 1. The monoisotopic (exact) mass is 228 g/mol. The quantitative estimate of drug-likeness (QED) is 0.761. The lowest BCUT2D eigenvalue weighted by Gasteiger charge is -2.05. The highest BCUT2D eigenvalue weighted by atomic mass is 16.3. The molecule has 0 aliphatic heterocycles. The van der Waals surface area contributed by atoms with E-state index in [1.165, 1.54) is 5.56 Å². The molecule has 0 saturated carbocycles. The topological polar surface area (TPSA) is 20.2 Å². The Balaban J connectivity index is 0.000000181. The van der Waals surface area contributed by atoms with Crippen molar-refractivity contribution < 1.29 is 5.11 Å². The SMILES string of the molecule is CC(C)c1ccccc1O.Cc1ccccc1. The summed E-state index contributed by atoms with van der Waals surface area (Å²) < 4.78 is 0. The maximum Gasteiger partial charge on any atom is 0.119 e. The summed E-state index contributed by atoms with van der Waals surface area (Å²) in [5, 5.41) is 9.28. The molecule has 0 heterocycles. The predicted molar refractivity (Wildman–Crippen MR) is 73.4 cm³/mol. The lowest BCUT2D eigenvalue weighted by atomic mass is 10.0. The Hall–Kier alpha value is -1.76. The first kappa shape index (κ1) is 13.3. The van der Waals surface area contributed by atoms with Gasteiger partial charge in [0, 0.05) is 0 Å². The molecule has 0 amide bonds. The number of benzene rings is 2. The Labute approximate surface area is 104 Å². The minimum absolute atomic E-state index is 0.400. The van der Waals surface area contributed by atoms with Crippen LogP contribution in [-0.4, -0.2) is 5.11 Å². The average molecular weight is 228 g/mol. The molecule has 0 aliphatic rings. The van der Waals surface area contributed by atoms with E-state index in [2.05, 4.69) is 32.9 Å². The first-order valence-corrected chi connectivity index (χ1v) is 5.91. The third-order valence-corrected chi connectivity index (χ3v) is 2.50. The van der Waals surface area contributed by atoms with E-state index in [4.69, 9.17) is 0 Å². The Morgan fingerprint density at radius 1 is 0.824 bits per heavy atom. The minimum atomic E-state index is 0.400. The summed E-state index contributed by atoms with van der Waals surface area (Å²) in [5.74, 6) is 0.804. The van der Waals surface area contributed by atoms with Gasteiger partial charge in [-0.3, -0.25) is 0 Å². The van der Waals surface area contributed by atoms with Crippen molar-refractivity contribution in [1.82, 2.24) is 0 Å². The van der Waals surface area contributed by atoms with Crippen LogP contribution in [0.15, 0.2) is 54.6 Å². The zero-order chi connectivity index (χ0) is 12.7. The van der Waals surface area contributed by atoms with E-state index >= 15 is 0 Å². The van der Waals surface area contributed by atoms with Crippen LogP contribution in [0, 0.1) is 6.92 Å². The molecule has 0 radical (unpaired) electrons. The molecule has 2 rings (SSSR count). The Morgan fingerprint density at radius 2 is 1.35 bits per heavy atom. The van der Waals surface area contributed by atoms with Crippen LogP contribution in [0.1, 0.15) is 30.9 Å². The predicted octanol–water partition coefficient (Wildman–Crippen LogP) is 4.51. The third kappa shape index (κ3) is 4.73. The Morgan fingerprint density at radius 3 is 1.71 bits per heavy atom. The molecule has 90 valence electrons. The summed E-state index contributed by atoms with van der Waals surface area (Å²) in [7, 11) is 0. The van der Waals surface area contributed by atoms with Gasteiger partial charge in [-0.25, -0.2) is 0 Å².